The van der Waals surface area contributed by atoms with Crippen LogP contribution in [0, 0.1) is 5.92 Å². The molecule has 1 fully saturated rings. The number of cyclic esters (lactones) is 1. The zero-order chi connectivity index (χ0) is 14.9. The Hall–Kier alpha value is -1.13. The first-order valence-electron chi connectivity index (χ1n) is 7.33. The van der Waals surface area contributed by atoms with E-state index in [1.165, 1.54) is 5.19 Å². The van der Waals surface area contributed by atoms with Gasteiger partial charge < -0.3 is 9.84 Å². The molecular weight excluding hydrogens is 268 g/mol. The highest BCUT2D eigenvalue weighted by Crippen LogP contribution is 2.42. The molecule has 2 rings (SSSR count). The lowest BCUT2D eigenvalue weighted by Gasteiger charge is -2.36. The van der Waals surface area contributed by atoms with E-state index in [4.69, 9.17) is 4.74 Å². The molecule has 0 saturated carbocycles. The van der Waals surface area contributed by atoms with Gasteiger partial charge in [0.15, 0.2) is 0 Å². The Bertz CT molecular complexity index is 472. The van der Waals surface area contributed by atoms with Crippen molar-refractivity contribution in [1.29, 1.82) is 0 Å². The Morgan fingerprint density at radius 2 is 1.90 bits per heavy atom. The van der Waals surface area contributed by atoms with Gasteiger partial charge in [-0.25, -0.2) is 0 Å². The first kappa shape index (κ1) is 15.3. The summed E-state index contributed by atoms with van der Waals surface area (Å²) < 4.78 is 5.49. The molecule has 0 radical (unpaired) electrons. The molecule has 1 aromatic carbocycles. The second-order valence-electron chi connectivity index (χ2n) is 6.28. The number of rotatable bonds is 4. The lowest BCUT2D eigenvalue weighted by molar-refractivity contribution is -0.147. The fraction of sp³-hybridized carbons (Fsp3) is 0.562. The third-order valence-electron chi connectivity index (χ3n) is 4.67. The number of carbonyl (C=O) groups is 1. The van der Waals surface area contributed by atoms with Crippen LogP contribution in [0.1, 0.15) is 20.3 Å². The molecule has 20 heavy (non-hydrogen) atoms. The Kier molecular flexibility index (Phi) is 4.35. The maximum atomic E-state index is 12.0. The Balaban J connectivity index is 2.39. The van der Waals surface area contributed by atoms with Crippen LogP contribution in [0.25, 0.3) is 0 Å². The number of aliphatic hydroxyl groups is 1. The minimum atomic E-state index is -1.90. The van der Waals surface area contributed by atoms with Crippen LogP contribution in [0.3, 0.4) is 0 Å². The maximum absolute atomic E-state index is 12.0. The van der Waals surface area contributed by atoms with Crippen molar-refractivity contribution < 1.29 is 14.6 Å². The van der Waals surface area contributed by atoms with E-state index in [1.54, 1.807) is 0 Å². The summed E-state index contributed by atoms with van der Waals surface area (Å²) in [5.41, 5.74) is 0.118. The first-order chi connectivity index (χ1) is 9.39. The van der Waals surface area contributed by atoms with Crippen molar-refractivity contribution in [3.63, 3.8) is 0 Å². The summed E-state index contributed by atoms with van der Waals surface area (Å²) in [4.78, 5) is 12.0. The number of aliphatic hydroxyl groups excluding tert-OH is 1. The van der Waals surface area contributed by atoms with Crippen molar-refractivity contribution in [3.05, 3.63) is 30.3 Å². The predicted octanol–water partition coefficient (Wildman–Crippen LogP) is 2.30. The van der Waals surface area contributed by atoms with E-state index in [0.29, 0.717) is 6.42 Å². The smallest absolute Gasteiger partial charge is 0.309 e. The highest BCUT2D eigenvalue weighted by molar-refractivity contribution is 6.91. The number of carbonyl (C=O) groups excluding carboxylic acids is 1. The first-order valence-corrected chi connectivity index (χ1v) is 10.4. The third kappa shape index (κ3) is 2.54. The van der Waals surface area contributed by atoms with Crippen LogP contribution in [0.4, 0.5) is 0 Å². The van der Waals surface area contributed by atoms with E-state index in [0.717, 1.165) is 0 Å². The Morgan fingerprint density at radius 1 is 1.30 bits per heavy atom. The summed E-state index contributed by atoms with van der Waals surface area (Å²) in [5.74, 6) is -0.299. The molecule has 1 heterocycles. The molecule has 110 valence electrons. The predicted molar refractivity (Wildman–Crippen MR) is 82.6 cm³/mol. The van der Waals surface area contributed by atoms with Gasteiger partial charge in [-0.15, -0.1) is 0 Å². The van der Waals surface area contributed by atoms with Crippen LogP contribution in [-0.4, -0.2) is 31.4 Å². The molecule has 0 aromatic heterocycles. The SMILES string of the molecule is CC[C@H](O)[C@H]1OC(=O)[C@@H](C)[C@H]1[Si](C)(C)c1ccccc1. The van der Waals surface area contributed by atoms with Gasteiger partial charge >= 0.3 is 5.97 Å². The van der Waals surface area contributed by atoms with Crippen LogP contribution in [0.15, 0.2) is 30.3 Å². The minimum Gasteiger partial charge on any atom is -0.459 e. The van der Waals surface area contributed by atoms with Gasteiger partial charge in [-0.1, -0.05) is 62.5 Å². The number of hydrogen-bond acceptors (Lipinski definition) is 3. The topological polar surface area (TPSA) is 46.5 Å². The number of hydrogen-bond donors (Lipinski definition) is 1. The second kappa shape index (κ2) is 5.70. The van der Waals surface area contributed by atoms with Crippen molar-refractivity contribution in [3.8, 4) is 0 Å². The van der Waals surface area contributed by atoms with Crippen molar-refractivity contribution >= 4 is 19.2 Å². The fourth-order valence-electron chi connectivity index (χ4n) is 3.39. The molecule has 0 spiro atoms. The monoisotopic (exact) mass is 292 g/mol. The lowest BCUT2D eigenvalue weighted by atomic mass is 10.0. The Morgan fingerprint density at radius 3 is 2.45 bits per heavy atom. The van der Waals surface area contributed by atoms with E-state index in [1.807, 2.05) is 32.0 Å². The summed E-state index contributed by atoms with van der Waals surface area (Å²) in [6.07, 6.45) is -0.311. The standard InChI is InChI=1S/C16H24O3Si/c1-5-13(17)14-15(11(2)16(18)19-14)20(3,4)12-9-7-6-8-10-12/h6-11,13-15,17H,5H2,1-4H3/t11-,13-,14+,15+/m0/s1. The van der Waals surface area contributed by atoms with Crippen LogP contribution in [-0.2, 0) is 9.53 Å². The molecule has 1 aliphatic heterocycles. The van der Waals surface area contributed by atoms with Gasteiger partial charge in [0.2, 0.25) is 0 Å². The zero-order valence-electron chi connectivity index (χ0n) is 12.7. The minimum absolute atomic E-state index is 0.118. The lowest BCUT2D eigenvalue weighted by Crippen LogP contribution is -2.52. The molecule has 1 aliphatic rings. The quantitative estimate of drug-likeness (QED) is 0.684. The van der Waals surface area contributed by atoms with Gasteiger partial charge in [-0.05, 0) is 6.42 Å². The normalized spacial score (nSPS) is 28.2. The van der Waals surface area contributed by atoms with Gasteiger partial charge in [0.05, 0.1) is 20.1 Å². The molecule has 0 bridgehead atoms. The maximum Gasteiger partial charge on any atom is 0.309 e. The summed E-state index contributed by atoms with van der Waals surface area (Å²) in [5, 5.41) is 11.5. The van der Waals surface area contributed by atoms with Crippen LogP contribution in [0.2, 0.25) is 18.6 Å². The highest BCUT2D eigenvalue weighted by Gasteiger charge is 2.53. The number of ether oxygens (including phenoxy) is 1. The van der Waals surface area contributed by atoms with E-state index in [9.17, 15) is 9.90 Å². The fourth-order valence-corrected chi connectivity index (χ4v) is 7.33. The van der Waals surface area contributed by atoms with E-state index in [2.05, 4.69) is 25.2 Å². The number of benzene rings is 1. The molecule has 0 amide bonds. The molecule has 0 unspecified atom stereocenters. The number of esters is 1. The van der Waals surface area contributed by atoms with Gasteiger partial charge in [-0.3, -0.25) is 4.79 Å². The highest BCUT2D eigenvalue weighted by atomic mass is 28.3. The van der Waals surface area contributed by atoms with Gasteiger partial charge in [-0.2, -0.15) is 0 Å². The van der Waals surface area contributed by atoms with Gasteiger partial charge in [0.1, 0.15) is 6.10 Å². The van der Waals surface area contributed by atoms with Crippen LogP contribution in [0.5, 0.6) is 0 Å². The largest absolute Gasteiger partial charge is 0.459 e. The molecule has 4 atom stereocenters. The average Bonchev–Trinajstić information content (AvgIpc) is 2.75. The van der Waals surface area contributed by atoms with Gasteiger partial charge in [0.25, 0.3) is 0 Å². The molecule has 3 nitrogen and oxygen atoms in total. The van der Waals surface area contributed by atoms with E-state index >= 15 is 0 Å². The summed E-state index contributed by atoms with van der Waals surface area (Å²) in [6.45, 7) is 8.39. The van der Waals surface area contributed by atoms with Crippen LogP contribution >= 0.6 is 0 Å². The molecule has 1 N–H and O–H groups in total. The summed E-state index contributed by atoms with van der Waals surface area (Å²) in [7, 11) is -1.90. The van der Waals surface area contributed by atoms with Crippen molar-refractivity contribution in [2.75, 3.05) is 0 Å². The third-order valence-corrected chi connectivity index (χ3v) is 8.98. The molecule has 0 aliphatic carbocycles. The summed E-state index contributed by atoms with van der Waals surface area (Å²) >= 11 is 0. The van der Waals surface area contributed by atoms with Crippen molar-refractivity contribution in [2.24, 2.45) is 5.92 Å². The molecule has 4 heteroatoms. The molecule has 1 aromatic rings. The van der Waals surface area contributed by atoms with E-state index in [-0.39, 0.29) is 23.5 Å². The average molecular weight is 292 g/mol. The summed E-state index contributed by atoms with van der Waals surface area (Å²) in [6, 6.07) is 10.4. The second-order valence-corrected chi connectivity index (χ2v) is 11.0. The molecule has 1 saturated heterocycles. The van der Waals surface area contributed by atoms with E-state index < -0.39 is 14.2 Å². The molecular formula is C16H24O3Si. The van der Waals surface area contributed by atoms with Crippen LogP contribution < -0.4 is 5.19 Å². The van der Waals surface area contributed by atoms with Crippen molar-refractivity contribution in [1.82, 2.24) is 0 Å². The Labute approximate surface area is 122 Å². The zero-order valence-corrected chi connectivity index (χ0v) is 13.7. The van der Waals surface area contributed by atoms with Crippen molar-refractivity contribution in [2.45, 2.75) is 51.1 Å². The van der Waals surface area contributed by atoms with Gasteiger partial charge in [0, 0.05) is 5.54 Å².